The molecule has 0 aliphatic rings. The van der Waals surface area contributed by atoms with Crippen LogP contribution in [-0.4, -0.2) is 52.4 Å². The molecule has 13 heteroatoms. The van der Waals surface area contributed by atoms with E-state index in [1.54, 1.807) is 30.3 Å². The van der Waals surface area contributed by atoms with Crippen molar-refractivity contribution in [1.82, 2.24) is 0 Å². The predicted octanol–water partition coefficient (Wildman–Crippen LogP) is 4.48. The zero-order valence-corrected chi connectivity index (χ0v) is 24.0. The number of nitrogens with one attached hydrogen (secondary N) is 2. The Bertz CT molecular complexity index is 1770. The number of methoxy groups -OCH3 is 5. The molecule has 0 aromatic heterocycles. The van der Waals surface area contributed by atoms with Gasteiger partial charge in [-0.15, -0.1) is 0 Å². The van der Waals surface area contributed by atoms with Crippen LogP contribution in [0.25, 0.3) is 10.8 Å². The van der Waals surface area contributed by atoms with E-state index in [1.165, 1.54) is 71.9 Å². The van der Waals surface area contributed by atoms with Crippen LogP contribution in [0.5, 0.6) is 28.7 Å². The average molecular weight is 589 g/mol. The van der Waals surface area contributed by atoms with E-state index >= 15 is 0 Å². The van der Waals surface area contributed by atoms with Gasteiger partial charge in [-0.25, -0.2) is 16.8 Å². The Kier molecular flexibility index (Phi) is 8.16. The summed E-state index contributed by atoms with van der Waals surface area (Å²) in [6.07, 6.45) is 0. The number of ether oxygens (including phenoxy) is 5. The molecule has 0 bridgehead atoms. The minimum Gasteiger partial charge on any atom is -0.497 e. The number of anilines is 2. The van der Waals surface area contributed by atoms with Crippen LogP contribution in [-0.2, 0) is 20.0 Å². The first-order chi connectivity index (χ1) is 19.1. The largest absolute Gasteiger partial charge is 0.497 e. The van der Waals surface area contributed by atoms with Gasteiger partial charge < -0.3 is 23.7 Å². The van der Waals surface area contributed by atoms with Crippen LogP contribution >= 0.6 is 0 Å². The van der Waals surface area contributed by atoms with Crippen molar-refractivity contribution in [2.24, 2.45) is 0 Å². The van der Waals surface area contributed by atoms with Crippen molar-refractivity contribution in [1.29, 1.82) is 0 Å². The standard InChI is InChI=1S/C27H28N2O9S2/c1-34-18-7-11-22(25(15-18)37-4)28-39(30,31)20-9-10-21-17(14-20)6-13-24(36-3)27(21)40(32,33)29-23-12-8-19(35-2)16-26(23)38-5/h6-16,28-29H,1-5H3. The SMILES string of the molecule is COc1ccc(NS(=O)(=O)c2ccc3c(S(=O)(=O)Nc4ccc(OC)cc4OC)c(OC)ccc3c2)c(OC)c1. The monoisotopic (exact) mass is 588 g/mol. The fraction of sp³-hybridized carbons (Fsp3) is 0.185. The Morgan fingerprint density at radius 3 is 1.55 bits per heavy atom. The molecular formula is C27H28N2O9S2. The van der Waals surface area contributed by atoms with Crippen molar-refractivity contribution >= 4 is 42.2 Å². The molecule has 0 fully saturated rings. The average Bonchev–Trinajstić information content (AvgIpc) is 2.96. The normalized spacial score (nSPS) is 11.5. The molecule has 0 amide bonds. The van der Waals surface area contributed by atoms with Crippen LogP contribution in [0, 0.1) is 0 Å². The highest BCUT2D eigenvalue weighted by Gasteiger charge is 2.26. The summed E-state index contributed by atoms with van der Waals surface area (Å²) >= 11 is 0. The number of hydrogen-bond acceptors (Lipinski definition) is 9. The number of fused-ring (bicyclic) bond motifs is 1. The van der Waals surface area contributed by atoms with Crippen molar-refractivity contribution in [3.63, 3.8) is 0 Å². The lowest BCUT2D eigenvalue weighted by molar-refractivity contribution is 0.395. The Morgan fingerprint density at radius 1 is 0.525 bits per heavy atom. The van der Waals surface area contributed by atoms with Crippen molar-refractivity contribution in [3.8, 4) is 28.7 Å². The summed E-state index contributed by atoms with van der Waals surface area (Å²) in [6.45, 7) is 0. The van der Waals surface area contributed by atoms with Crippen LogP contribution in [0.1, 0.15) is 0 Å². The Hall–Kier alpha value is -4.36. The van der Waals surface area contributed by atoms with E-state index in [4.69, 9.17) is 23.7 Å². The Labute approximate surface area is 232 Å². The van der Waals surface area contributed by atoms with Crippen LogP contribution in [0.4, 0.5) is 11.4 Å². The smallest absolute Gasteiger partial charge is 0.266 e. The molecule has 0 radical (unpaired) electrons. The van der Waals surface area contributed by atoms with Gasteiger partial charge in [-0.1, -0.05) is 12.1 Å². The van der Waals surface area contributed by atoms with Gasteiger partial charge in [0.25, 0.3) is 20.0 Å². The lowest BCUT2D eigenvalue weighted by Gasteiger charge is -2.17. The molecule has 0 heterocycles. The van der Waals surface area contributed by atoms with E-state index < -0.39 is 20.0 Å². The molecule has 0 unspecified atom stereocenters. The molecule has 0 saturated carbocycles. The maximum absolute atomic E-state index is 13.6. The molecule has 40 heavy (non-hydrogen) atoms. The summed E-state index contributed by atoms with van der Waals surface area (Å²) in [4.78, 5) is -0.254. The third kappa shape index (κ3) is 5.65. The van der Waals surface area contributed by atoms with Crippen LogP contribution in [0.15, 0.2) is 76.5 Å². The maximum atomic E-state index is 13.6. The summed E-state index contributed by atoms with van der Waals surface area (Å²) in [6, 6.07) is 16.4. The van der Waals surface area contributed by atoms with Gasteiger partial charge in [-0.05, 0) is 47.9 Å². The van der Waals surface area contributed by atoms with Gasteiger partial charge in [0, 0.05) is 17.5 Å². The van der Waals surface area contributed by atoms with Gasteiger partial charge in [-0.3, -0.25) is 9.44 Å². The summed E-state index contributed by atoms with van der Waals surface area (Å²) in [5.74, 6) is 1.56. The number of rotatable bonds is 11. The van der Waals surface area contributed by atoms with Gasteiger partial charge in [-0.2, -0.15) is 0 Å². The second-order valence-corrected chi connectivity index (χ2v) is 11.6. The highest BCUT2D eigenvalue weighted by Crippen LogP contribution is 2.37. The van der Waals surface area contributed by atoms with Gasteiger partial charge in [0.2, 0.25) is 0 Å². The van der Waals surface area contributed by atoms with E-state index in [2.05, 4.69) is 9.44 Å². The zero-order valence-electron chi connectivity index (χ0n) is 22.3. The van der Waals surface area contributed by atoms with E-state index in [0.717, 1.165) is 0 Å². The highest BCUT2D eigenvalue weighted by molar-refractivity contribution is 7.93. The highest BCUT2D eigenvalue weighted by atomic mass is 32.2. The van der Waals surface area contributed by atoms with Gasteiger partial charge in [0.05, 0.1) is 51.8 Å². The first kappa shape index (κ1) is 28.6. The molecule has 0 aliphatic heterocycles. The minimum atomic E-state index is -4.24. The molecule has 4 aromatic rings. The second-order valence-electron chi connectivity index (χ2n) is 8.32. The van der Waals surface area contributed by atoms with E-state index in [1.807, 2.05) is 0 Å². The van der Waals surface area contributed by atoms with Crippen molar-refractivity contribution in [2.75, 3.05) is 45.0 Å². The van der Waals surface area contributed by atoms with Crippen LogP contribution < -0.4 is 33.1 Å². The maximum Gasteiger partial charge on any atom is 0.266 e. The van der Waals surface area contributed by atoms with Crippen LogP contribution in [0.2, 0.25) is 0 Å². The molecule has 11 nitrogen and oxygen atoms in total. The van der Waals surface area contributed by atoms with Gasteiger partial charge in [0.1, 0.15) is 33.6 Å². The Morgan fingerprint density at radius 2 is 1.05 bits per heavy atom. The number of benzene rings is 4. The van der Waals surface area contributed by atoms with Gasteiger partial charge in [0.15, 0.2) is 0 Å². The predicted molar refractivity (Wildman–Crippen MR) is 151 cm³/mol. The quantitative estimate of drug-likeness (QED) is 0.260. The van der Waals surface area contributed by atoms with Crippen molar-refractivity contribution in [2.45, 2.75) is 9.79 Å². The lowest BCUT2D eigenvalue weighted by Crippen LogP contribution is -2.16. The minimum absolute atomic E-state index is 0.0733. The summed E-state index contributed by atoms with van der Waals surface area (Å²) in [7, 11) is -1.19. The molecule has 4 aromatic carbocycles. The number of sulfonamides is 2. The molecule has 0 aliphatic carbocycles. The van der Waals surface area contributed by atoms with Crippen molar-refractivity contribution in [3.05, 3.63) is 66.7 Å². The first-order valence-corrected chi connectivity index (χ1v) is 14.6. The fourth-order valence-corrected chi connectivity index (χ4v) is 6.59. The summed E-state index contributed by atoms with van der Waals surface area (Å²) < 4.78 is 85.1. The molecular weight excluding hydrogens is 560 g/mol. The lowest BCUT2D eigenvalue weighted by atomic mass is 10.1. The van der Waals surface area contributed by atoms with Gasteiger partial charge >= 0.3 is 0 Å². The van der Waals surface area contributed by atoms with Crippen molar-refractivity contribution < 1.29 is 40.5 Å². The summed E-state index contributed by atoms with van der Waals surface area (Å²) in [5, 5.41) is 0.604. The molecule has 212 valence electrons. The third-order valence-electron chi connectivity index (χ3n) is 6.01. The third-order valence-corrected chi connectivity index (χ3v) is 8.82. The number of hydrogen-bond donors (Lipinski definition) is 2. The van der Waals surface area contributed by atoms with Crippen LogP contribution in [0.3, 0.4) is 0 Å². The fourth-order valence-electron chi connectivity index (χ4n) is 4.03. The van der Waals surface area contributed by atoms with E-state index in [-0.39, 0.29) is 43.8 Å². The molecule has 4 rings (SSSR count). The summed E-state index contributed by atoms with van der Waals surface area (Å²) in [5.41, 5.74) is 0.387. The molecule has 2 N–H and O–H groups in total. The topological polar surface area (TPSA) is 138 Å². The van der Waals surface area contributed by atoms with E-state index in [9.17, 15) is 16.8 Å². The Balaban J connectivity index is 1.76. The molecule has 0 spiro atoms. The molecule has 0 atom stereocenters. The van der Waals surface area contributed by atoms with E-state index in [0.29, 0.717) is 16.9 Å². The molecule has 0 saturated heterocycles. The first-order valence-electron chi connectivity index (χ1n) is 11.7. The zero-order chi connectivity index (χ0) is 29.1. The second kappa shape index (κ2) is 11.4.